The monoisotopic (exact) mass is 1960 g/mol. The number of H-pyrrole nitrogens is 2. The molecule has 28 nitrogen and oxygen atoms in total. The summed E-state index contributed by atoms with van der Waals surface area (Å²) >= 11 is 6.25. The van der Waals surface area contributed by atoms with E-state index in [0.717, 1.165) is 98.3 Å². The number of hydrogen-bond donors (Lipinski definition) is 4. The highest BCUT2D eigenvalue weighted by Crippen LogP contribution is 2.63. The number of aromatic nitrogens is 12. The maximum atomic E-state index is 15.5. The predicted octanol–water partition coefficient (Wildman–Crippen LogP) is 19.4. The van der Waals surface area contributed by atoms with Gasteiger partial charge in [-0.2, -0.15) is 23.5 Å². The first-order valence-electron chi connectivity index (χ1n) is 44.9. The average Bonchev–Trinajstić information content (AvgIpc) is 1.53. The van der Waals surface area contributed by atoms with Gasteiger partial charge >= 0.3 is 12.1 Å². The lowest BCUT2D eigenvalue weighted by atomic mass is 9.85. The summed E-state index contributed by atoms with van der Waals surface area (Å²) < 4.78 is 155. The minimum atomic E-state index is -4.41. The molecule has 2 saturated carbocycles. The Morgan fingerprint density at radius 2 is 1.50 bits per heavy atom. The highest BCUT2D eigenvalue weighted by atomic mass is 35.5. The molecule has 19 rings (SSSR count). The van der Waals surface area contributed by atoms with E-state index in [1.807, 2.05) is 132 Å². The van der Waals surface area contributed by atoms with Gasteiger partial charge in [0.2, 0.25) is 27.7 Å². The highest BCUT2D eigenvalue weighted by Gasteiger charge is 2.61. The number of aryl methyl sites for hydroxylation is 1. The fraction of sp³-hybridized carbons (Fsp3) is 0.282. The molecule has 2 fully saturated rings. The molecule has 2 aliphatic heterocycles. The van der Waals surface area contributed by atoms with Gasteiger partial charge in [-0.15, -0.1) is 0 Å². The third-order valence-corrected chi connectivity index (χ3v) is 27.5. The molecule has 0 bridgehead atoms. The molecule has 4 aliphatic rings. The van der Waals surface area contributed by atoms with Crippen LogP contribution in [0.25, 0.3) is 66.6 Å². The lowest BCUT2D eigenvalue weighted by Crippen LogP contribution is -2.28. The average molecular weight is 1960 g/mol. The topological polar surface area (TPSA) is 377 Å². The van der Waals surface area contributed by atoms with Crippen molar-refractivity contribution >= 4 is 99.5 Å². The van der Waals surface area contributed by atoms with Crippen molar-refractivity contribution in [3.8, 4) is 57.0 Å². The van der Waals surface area contributed by atoms with E-state index in [2.05, 4.69) is 66.7 Å². The Balaban J connectivity index is 0.000000135. The van der Waals surface area contributed by atoms with E-state index in [0.29, 0.717) is 116 Å². The molecule has 0 radical (unpaired) electrons. The number of imidazole rings is 1. The summed E-state index contributed by atoms with van der Waals surface area (Å²) in [7, 11) is -2.93. The van der Waals surface area contributed by atoms with Gasteiger partial charge in [-0.25, -0.2) is 69.2 Å². The molecule has 0 unspecified atom stereocenters. The molecule has 4 N–H and O–H groups in total. The van der Waals surface area contributed by atoms with Crippen LogP contribution in [0, 0.1) is 34.7 Å². The molecule has 140 heavy (non-hydrogen) atoms. The molecule has 37 heteroatoms. The number of nitrogens with zero attached hydrogens (tertiary/aromatic N) is 12. The molecule has 2 aliphatic carbocycles. The standard InChI is InChI=1S/C28H25N3O2.C26H18F3N3O3.C25H23F2N5O3S.C24H29ClFN5O4S/c1-28(2,17-29)23-9-5-8-22(16-23)26(32)15-20-7-4-6-19(12-20)13-21-10-11-25-24(14-21)27(33)31(3)18-30-25;27-26(28,29)12-4-7-17-18(10-12)32-25(31-17)23-22-15-11-13(5-8-20(15)35-24(22)23)34-19-3-1-2-16-14(19)6-9-21(33)30-16;1-3-32(2)36(34,35)13-15-6-7-20(26)21(22(15)27)23(33)19-12-31-25-18(19)8-16(9-30-25)17-10-28-24(29-11-17)14-4-5-14;1-14(2)31-12-19(20-6-7-27-24(29-20)28-11-15(3)8-21(32)35-4)23(30-31)18-10-17(25)9-16(22(18)26)13-36(5,33)34/h4-12,14,16,18H,13,15H2,1-3H3;1-5,7-8,10-11,22-24H,6,9H2,(H,30,33)(H,31,32);6-12,14H,3-5,13H2,1-2H3,(H,30,31);6-7,9-10,12,14-15H,8,11,13H2,1-5H3,(H,27,28,29)/t;22-,23-,24-;;15-/m.1.1/s1. The van der Waals surface area contributed by atoms with Crippen LogP contribution in [0.1, 0.15) is 179 Å². The van der Waals surface area contributed by atoms with E-state index < -0.39 is 77.3 Å². The number of fused-ring (bicyclic) bond motifs is 7. The molecular formula is C103H95ClF6N16O12S2. The first kappa shape index (κ1) is 98.4. The van der Waals surface area contributed by atoms with Crippen molar-refractivity contribution in [3.05, 3.63) is 312 Å². The van der Waals surface area contributed by atoms with E-state index in [-0.39, 0.29) is 105 Å². The number of benzene rings is 8. The third-order valence-electron chi connectivity index (χ3n) is 24.6. The summed E-state index contributed by atoms with van der Waals surface area (Å²) in [5.41, 5.74) is 9.26. The number of sulfonamides is 1. The summed E-state index contributed by atoms with van der Waals surface area (Å²) in [5, 5.41) is 21.1. The van der Waals surface area contributed by atoms with Crippen LogP contribution in [0.2, 0.25) is 5.02 Å². The number of nitrogens with one attached hydrogen (secondary N) is 4. The second-order valence-corrected chi connectivity index (χ2v) is 40.5. The third kappa shape index (κ3) is 22.2. The number of sulfone groups is 1. The van der Waals surface area contributed by atoms with Gasteiger partial charge in [-0.3, -0.25) is 28.7 Å². The van der Waals surface area contributed by atoms with Crippen LogP contribution in [0.5, 0.6) is 17.2 Å². The summed E-state index contributed by atoms with van der Waals surface area (Å²) in [4.78, 5) is 98.6. The number of Topliss-reactive ketones (excluding diaryl/α,β-unsaturated/α-hetero) is 1. The first-order valence-corrected chi connectivity index (χ1v) is 48.9. The molecule has 1 amide bonds. The van der Waals surface area contributed by atoms with Gasteiger partial charge in [0.15, 0.2) is 15.6 Å². The lowest BCUT2D eigenvalue weighted by molar-refractivity contribution is -0.141. The van der Waals surface area contributed by atoms with Gasteiger partial charge in [0.25, 0.3) is 5.56 Å². The lowest BCUT2D eigenvalue weighted by Gasteiger charge is -2.20. The second kappa shape index (κ2) is 40.4. The molecule has 15 aromatic rings. The Labute approximate surface area is 806 Å². The maximum Gasteiger partial charge on any atom is 0.416 e. The SMILES string of the molecule is CCN(C)S(=O)(=O)Cc1ccc(F)c(C(=O)c2c[nH]c3ncc(-c4cnc(C5CC5)nc4)cc23)c1F.COC(=O)C[C@@H](C)CNc1nccc(-c2cn(C(C)C)nc2-c2cc(Cl)cc(CS(C)(=O)=O)c2F)n1.Cn1cnc2ccc(Cc3cccc(CC(=O)c4cccc(C(C)(C)C#N)c4)c3)cc2c1=O.O=C1CCc2c(cccc2Oc2ccc3c(c2)[C@H]2[C@@H](O3)[C@@H]2c2nc3ccc(C(F)(F)F)cc3[nH]2)N1. The van der Waals surface area contributed by atoms with Crippen LogP contribution >= 0.6 is 11.6 Å². The first-order chi connectivity index (χ1) is 66.7. The maximum absolute atomic E-state index is 15.5. The summed E-state index contributed by atoms with van der Waals surface area (Å²) in [5.74, 6) is -1.10. The number of alkyl halides is 3. The van der Waals surface area contributed by atoms with Crippen LogP contribution in [0.4, 0.5) is 38.0 Å². The zero-order chi connectivity index (χ0) is 99.7. The number of ketones is 2. The van der Waals surface area contributed by atoms with Crippen LogP contribution in [-0.2, 0) is 83.6 Å². The van der Waals surface area contributed by atoms with Gasteiger partial charge in [-0.05, 0) is 179 Å². The van der Waals surface area contributed by atoms with Crippen molar-refractivity contribution in [1.29, 1.82) is 5.26 Å². The normalized spacial score (nSPS) is 15.0. The minimum absolute atomic E-state index is 0.00429. The number of aromatic amines is 2. The Morgan fingerprint density at radius 3 is 2.24 bits per heavy atom. The quantitative estimate of drug-likeness (QED) is 0.0211. The Morgan fingerprint density at radius 1 is 0.757 bits per heavy atom. The zero-order valence-corrected chi connectivity index (χ0v) is 79.9. The minimum Gasteiger partial charge on any atom is -0.489 e. The summed E-state index contributed by atoms with van der Waals surface area (Å²) in [6, 6.07) is 46.1. The van der Waals surface area contributed by atoms with Crippen LogP contribution in [0.15, 0.2) is 206 Å². The van der Waals surface area contributed by atoms with Crippen LogP contribution in [-0.4, -0.2) is 143 Å². The molecular weight excluding hydrogens is 1870 g/mol. The van der Waals surface area contributed by atoms with Crippen molar-refractivity contribution in [2.24, 2.45) is 13.0 Å². The molecule has 0 spiro atoms. The number of rotatable bonds is 27. The number of amides is 1. The van der Waals surface area contributed by atoms with Gasteiger partial charge < -0.3 is 39.4 Å². The van der Waals surface area contributed by atoms with Crippen LogP contribution < -0.4 is 25.7 Å². The van der Waals surface area contributed by atoms with E-state index in [4.69, 9.17) is 25.8 Å². The summed E-state index contributed by atoms with van der Waals surface area (Å²) in [6.45, 7) is 11.7. The van der Waals surface area contributed by atoms with Crippen molar-refractivity contribution in [2.75, 3.05) is 44.1 Å². The Hall–Kier alpha value is -14.7. The summed E-state index contributed by atoms with van der Waals surface area (Å²) in [6.07, 6.45) is 12.1. The molecule has 720 valence electrons. The van der Waals surface area contributed by atoms with Crippen molar-refractivity contribution in [3.63, 3.8) is 0 Å². The number of nitriles is 1. The van der Waals surface area contributed by atoms with Gasteiger partial charge in [0.05, 0.1) is 81.1 Å². The number of carbonyl (C=O) groups excluding carboxylic acids is 4. The number of anilines is 2. The number of methoxy groups -OCH3 is 1. The fourth-order valence-electron chi connectivity index (χ4n) is 16.6. The molecule has 9 heterocycles. The van der Waals surface area contributed by atoms with Crippen molar-refractivity contribution < 1.29 is 76.6 Å². The van der Waals surface area contributed by atoms with Crippen molar-refractivity contribution in [2.45, 2.75) is 139 Å². The Bertz CT molecular complexity index is 7730. The van der Waals surface area contributed by atoms with Crippen LogP contribution in [0.3, 0.4) is 0 Å². The van der Waals surface area contributed by atoms with E-state index >= 15 is 8.78 Å². The number of halogens is 7. The number of hydrogen-bond acceptors (Lipinski definition) is 22. The Kier molecular flexibility index (Phi) is 28.4. The molecule has 7 aromatic heterocycles. The van der Waals surface area contributed by atoms with Gasteiger partial charge in [-0.1, -0.05) is 86.1 Å². The smallest absolute Gasteiger partial charge is 0.416 e. The zero-order valence-electron chi connectivity index (χ0n) is 77.5. The van der Waals surface area contributed by atoms with Gasteiger partial charge in [0, 0.05) is 179 Å². The number of pyridine rings is 1. The van der Waals surface area contributed by atoms with E-state index in [1.165, 1.54) is 49.4 Å². The largest absolute Gasteiger partial charge is 0.489 e. The van der Waals surface area contributed by atoms with E-state index in [1.54, 1.807) is 67.8 Å². The number of carbonyl (C=O) groups is 4. The number of ether oxygens (including phenoxy) is 3. The molecule has 8 aromatic carbocycles. The van der Waals surface area contributed by atoms with Crippen molar-refractivity contribution in [1.82, 2.24) is 63.5 Å². The predicted molar refractivity (Wildman–Crippen MR) is 517 cm³/mol. The second-order valence-electron chi connectivity index (χ2n) is 35.9. The molecule has 0 saturated heterocycles. The highest BCUT2D eigenvalue weighted by molar-refractivity contribution is 7.89. The van der Waals surface area contributed by atoms with Gasteiger partial charge in [0.1, 0.15) is 63.8 Å². The molecule has 4 atom stereocenters. The fourth-order valence-corrected chi connectivity index (χ4v) is 18.8. The number of esters is 1. The van der Waals surface area contributed by atoms with E-state index in [9.17, 15) is 63.6 Å².